The number of urea groups is 1. The minimum Gasteiger partial charge on any atom is -0.306 e. The number of hydrogen-bond acceptors (Lipinski definition) is 3. The van der Waals surface area contributed by atoms with Crippen molar-refractivity contribution in [2.75, 3.05) is 5.32 Å². The molecular formula is C17H18F2N4O. The molecule has 0 fully saturated rings. The largest absolute Gasteiger partial charge is 0.339 e. The van der Waals surface area contributed by atoms with E-state index in [1.165, 1.54) is 0 Å². The molecule has 0 aliphatic heterocycles. The Morgan fingerprint density at radius 1 is 1.21 bits per heavy atom. The molecule has 0 aliphatic carbocycles. The second-order valence-corrected chi connectivity index (χ2v) is 5.52. The van der Waals surface area contributed by atoms with E-state index in [2.05, 4.69) is 20.8 Å². The number of hydrogen-bond donors (Lipinski definition) is 2. The number of carbonyl (C=O) groups excluding carboxylic acids is 1. The molecule has 2 aromatic rings. The van der Waals surface area contributed by atoms with Crippen molar-refractivity contribution < 1.29 is 13.6 Å². The van der Waals surface area contributed by atoms with E-state index in [1.807, 2.05) is 26.0 Å². The highest BCUT2D eigenvalue weighted by Gasteiger charge is 2.10. The molecule has 24 heavy (non-hydrogen) atoms. The highest BCUT2D eigenvalue weighted by Crippen LogP contribution is 2.17. The Balaban J connectivity index is 2.08. The minimum absolute atomic E-state index is 0.00133. The Labute approximate surface area is 138 Å². The van der Waals surface area contributed by atoms with Gasteiger partial charge < -0.3 is 5.32 Å². The third kappa shape index (κ3) is 4.58. The summed E-state index contributed by atoms with van der Waals surface area (Å²) in [5.74, 6) is -1.30. The molecule has 2 rings (SSSR count). The maximum absolute atomic E-state index is 13.1. The van der Waals surface area contributed by atoms with Crippen molar-refractivity contribution in [2.45, 2.75) is 26.7 Å². The van der Waals surface area contributed by atoms with Gasteiger partial charge in [-0.2, -0.15) is 5.10 Å². The molecule has 7 heteroatoms. The maximum Gasteiger partial charge on any atom is 0.339 e. The average molecular weight is 332 g/mol. The first kappa shape index (κ1) is 17.5. The van der Waals surface area contributed by atoms with E-state index in [0.717, 1.165) is 23.8 Å². The number of halogens is 2. The van der Waals surface area contributed by atoms with Crippen LogP contribution in [0.25, 0.3) is 0 Å². The van der Waals surface area contributed by atoms with Gasteiger partial charge in [0.1, 0.15) is 11.6 Å². The molecule has 126 valence electrons. The molecule has 1 heterocycles. The third-order valence-corrected chi connectivity index (χ3v) is 3.25. The van der Waals surface area contributed by atoms with Crippen LogP contribution >= 0.6 is 0 Å². The number of amides is 2. The van der Waals surface area contributed by atoms with E-state index in [4.69, 9.17) is 0 Å². The maximum atomic E-state index is 13.1. The second-order valence-electron chi connectivity index (χ2n) is 5.52. The van der Waals surface area contributed by atoms with Crippen LogP contribution in [0, 0.1) is 11.6 Å². The van der Waals surface area contributed by atoms with Crippen LogP contribution < -0.4 is 10.7 Å². The molecule has 0 spiro atoms. The van der Waals surface area contributed by atoms with E-state index in [1.54, 1.807) is 13.1 Å². The lowest BCUT2D eigenvalue weighted by Crippen LogP contribution is -2.25. The molecule has 0 atom stereocenters. The number of hydrazone groups is 1. The summed E-state index contributed by atoms with van der Waals surface area (Å²) >= 11 is 0. The zero-order valence-electron chi connectivity index (χ0n) is 13.6. The van der Waals surface area contributed by atoms with Crippen LogP contribution in [0.4, 0.5) is 19.3 Å². The molecule has 2 amide bonds. The van der Waals surface area contributed by atoms with Crippen molar-refractivity contribution in [1.82, 2.24) is 10.4 Å². The summed E-state index contributed by atoms with van der Waals surface area (Å²) in [5.41, 5.74) is 4.51. The topological polar surface area (TPSA) is 66.4 Å². The summed E-state index contributed by atoms with van der Waals surface area (Å²) in [6.45, 7) is 5.79. The Morgan fingerprint density at radius 2 is 1.88 bits per heavy atom. The van der Waals surface area contributed by atoms with Gasteiger partial charge in [-0.25, -0.2) is 19.0 Å². The van der Waals surface area contributed by atoms with E-state index < -0.39 is 17.7 Å². The van der Waals surface area contributed by atoms with Gasteiger partial charge >= 0.3 is 6.03 Å². The number of nitrogens with one attached hydrogen (secondary N) is 2. The van der Waals surface area contributed by atoms with E-state index in [-0.39, 0.29) is 11.6 Å². The first-order valence-electron chi connectivity index (χ1n) is 7.39. The van der Waals surface area contributed by atoms with Gasteiger partial charge in [0.25, 0.3) is 0 Å². The van der Waals surface area contributed by atoms with Crippen LogP contribution in [-0.2, 0) is 0 Å². The predicted octanol–water partition coefficient (Wildman–Crippen LogP) is 4.03. The minimum atomic E-state index is -0.778. The molecular weight excluding hydrogens is 314 g/mol. The fourth-order valence-corrected chi connectivity index (χ4v) is 2.16. The average Bonchev–Trinajstić information content (AvgIpc) is 2.51. The fourth-order valence-electron chi connectivity index (χ4n) is 2.16. The molecule has 5 nitrogen and oxygen atoms in total. The highest BCUT2D eigenvalue weighted by molar-refractivity contribution is 5.99. The van der Waals surface area contributed by atoms with Crippen LogP contribution in [0.5, 0.6) is 0 Å². The molecule has 2 N–H and O–H groups in total. The lowest BCUT2D eigenvalue weighted by molar-refractivity contribution is 0.252. The first-order valence-corrected chi connectivity index (χ1v) is 7.39. The standard InChI is InChI=1S/C17H18F2N4O/c1-10(2)15-5-4-6-20-16(15)11(3)22-23-17(24)21-14-8-12(18)7-13(19)9-14/h4-10H,1-3H3,(H2,21,23,24)/b22-11+. The number of rotatable bonds is 4. The Kier molecular flexibility index (Phi) is 5.57. The van der Waals surface area contributed by atoms with Gasteiger partial charge in [-0.05, 0) is 36.6 Å². The van der Waals surface area contributed by atoms with Crippen LogP contribution in [-0.4, -0.2) is 16.7 Å². The summed E-state index contributed by atoms with van der Waals surface area (Å²) in [5, 5.41) is 6.29. The molecule has 0 saturated heterocycles. The quantitative estimate of drug-likeness (QED) is 0.656. The molecule has 0 aliphatic rings. The van der Waals surface area contributed by atoms with Gasteiger partial charge in [-0.1, -0.05) is 19.9 Å². The van der Waals surface area contributed by atoms with E-state index in [0.29, 0.717) is 11.4 Å². The van der Waals surface area contributed by atoms with E-state index >= 15 is 0 Å². The number of carbonyl (C=O) groups is 1. The molecule has 0 saturated carbocycles. The van der Waals surface area contributed by atoms with Crippen LogP contribution in [0.15, 0.2) is 41.6 Å². The van der Waals surface area contributed by atoms with Gasteiger partial charge in [0.05, 0.1) is 11.4 Å². The SMILES string of the molecule is C/C(=N\NC(=O)Nc1cc(F)cc(F)c1)c1ncccc1C(C)C. The van der Waals surface area contributed by atoms with Crippen molar-refractivity contribution in [2.24, 2.45) is 5.10 Å². The Morgan fingerprint density at radius 3 is 2.50 bits per heavy atom. The smallest absolute Gasteiger partial charge is 0.306 e. The Hall–Kier alpha value is -2.83. The number of nitrogens with zero attached hydrogens (tertiary/aromatic N) is 2. The van der Waals surface area contributed by atoms with Crippen LogP contribution in [0.3, 0.4) is 0 Å². The predicted molar refractivity (Wildman–Crippen MR) is 89.0 cm³/mol. The van der Waals surface area contributed by atoms with Crippen molar-refractivity contribution >= 4 is 17.4 Å². The third-order valence-electron chi connectivity index (χ3n) is 3.25. The van der Waals surface area contributed by atoms with Gasteiger partial charge in [0.2, 0.25) is 0 Å². The fraction of sp³-hybridized carbons (Fsp3) is 0.235. The molecule has 0 bridgehead atoms. The first-order chi connectivity index (χ1) is 11.4. The number of anilines is 1. The monoisotopic (exact) mass is 332 g/mol. The number of pyridine rings is 1. The summed E-state index contributed by atoms with van der Waals surface area (Å²) in [6, 6.07) is 5.82. The highest BCUT2D eigenvalue weighted by atomic mass is 19.1. The molecule has 1 aromatic heterocycles. The van der Waals surface area contributed by atoms with Crippen molar-refractivity contribution in [3.63, 3.8) is 0 Å². The van der Waals surface area contributed by atoms with Gasteiger partial charge in [0, 0.05) is 18.0 Å². The Bertz CT molecular complexity index is 755. The summed E-state index contributed by atoms with van der Waals surface area (Å²) in [6.07, 6.45) is 1.65. The molecule has 0 radical (unpaired) electrons. The molecule has 0 unspecified atom stereocenters. The van der Waals surface area contributed by atoms with Gasteiger partial charge in [-0.15, -0.1) is 0 Å². The summed E-state index contributed by atoms with van der Waals surface area (Å²) < 4.78 is 26.2. The van der Waals surface area contributed by atoms with Crippen molar-refractivity contribution in [1.29, 1.82) is 0 Å². The van der Waals surface area contributed by atoms with Crippen LogP contribution in [0.2, 0.25) is 0 Å². The lowest BCUT2D eigenvalue weighted by atomic mass is 10.00. The van der Waals surface area contributed by atoms with Crippen molar-refractivity contribution in [3.05, 3.63) is 59.4 Å². The summed E-state index contributed by atoms with van der Waals surface area (Å²) in [4.78, 5) is 16.1. The second kappa shape index (κ2) is 7.63. The zero-order valence-corrected chi connectivity index (χ0v) is 13.6. The number of aromatic nitrogens is 1. The van der Waals surface area contributed by atoms with Crippen LogP contribution in [0.1, 0.15) is 37.9 Å². The van der Waals surface area contributed by atoms with E-state index in [9.17, 15) is 13.6 Å². The van der Waals surface area contributed by atoms with Gasteiger partial charge in [0.15, 0.2) is 0 Å². The number of benzene rings is 1. The van der Waals surface area contributed by atoms with Crippen molar-refractivity contribution in [3.8, 4) is 0 Å². The lowest BCUT2D eigenvalue weighted by Gasteiger charge is -2.11. The normalized spacial score (nSPS) is 11.5. The summed E-state index contributed by atoms with van der Waals surface area (Å²) in [7, 11) is 0. The molecule has 1 aromatic carbocycles. The zero-order chi connectivity index (χ0) is 17.7. The van der Waals surface area contributed by atoms with Gasteiger partial charge in [-0.3, -0.25) is 4.98 Å².